The van der Waals surface area contributed by atoms with Crippen molar-refractivity contribution in [2.45, 2.75) is 19.4 Å². The van der Waals surface area contributed by atoms with E-state index >= 15 is 0 Å². The first-order valence-electron chi connectivity index (χ1n) is 9.41. The van der Waals surface area contributed by atoms with Crippen LogP contribution >= 0.6 is 0 Å². The van der Waals surface area contributed by atoms with Crippen LogP contribution in [-0.4, -0.2) is 36.8 Å². The summed E-state index contributed by atoms with van der Waals surface area (Å²) < 4.78 is 10.7. The quantitative estimate of drug-likeness (QED) is 0.379. The number of hydrogen-bond acceptors (Lipinski definition) is 6. The lowest BCUT2D eigenvalue weighted by atomic mass is 10.1. The van der Waals surface area contributed by atoms with Crippen LogP contribution in [0.1, 0.15) is 12.5 Å². The molecule has 3 rings (SSSR count). The number of benzene rings is 2. The molecule has 29 heavy (non-hydrogen) atoms. The van der Waals surface area contributed by atoms with Crippen LogP contribution in [0.2, 0.25) is 0 Å². The number of aliphatic hydroxyl groups excluding tert-OH is 1. The summed E-state index contributed by atoms with van der Waals surface area (Å²) in [6, 6.07) is 15.9. The molecule has 7 nitrogen and oxygen atoms in total. The predicted octanol–water partition coefficient (Wildman–Crippen LogP) is 2.32. The van der Waals surface area contributed by atoms with Gasteiger partial charge in [-0.1, -0.05) is 12.1 Å². The van der Waals surface area contributed by atoms with Crippen LogP contribution in [-0.2, 0) is 11.2 Å². The highest BCUT2D eigenvalue weighted by Gasteiger charge is 2.06. The lowest BCUT2D eigenvalue weighted by Crippen LogP contribution is -2.32. The number of carbonyl (C=O) groups is 1. The Balaban J connectivity index is 1.38. The Bertz CT molecular complexity index is 1010. The lowest BCUT2D eigenvalue weighted by molar-refractivity contribution is -0.114. The van der Waals surface area contributed by atoms with Gasteiger partial charge in [0, 0.05) is 36.7 Å². The normalized spacial score (nSPS) is 11.9. The van der Waals surface area contributed by atoms with E-state index in [0.717, 1.165) is 23.1 Å². The minimum atomic E-state index is -0.671. The van der Waals surface area contributed by atoms with Crippen molar-refractivity contribution >= 4 is 22.6 Å². The molecule has 7 heteroatoms. The lowest BCUT2D eigenvalue weighted by Gasteiger charge is -2.13. The van der Waals surface area contributed by atoms with Gasteiger partial charge in [0.05, 0.1) is 0 Å². The molecule has 0 radical (unpaired) electrons. The van der Waals surface area contributed by atoms with Crippen LogP contribution in [0, 0.1) is 0 Å². The Morgan fingerprint density at radius 3 is 2.66 bits per heavy atom. The molecule has 3 N–H and O–H groups in total. The van der Waals surface area contributed by atoms with Gasteiger partial charge >= 0.3 is 5.63 Å². The van der Waals surface area contributed by atoms with E-state index in [0.29, 0.717) is 24.4 Å². The van der Waals surface area contributed by atoms with Gasteiger partial charge in [-0.2, -0.15) is 0 Å². The van der Waals surface area contributed by atoms with E-state index < -0.39 is 11.7 Å². The smallest absolute Gasteiger partial charge is 0.336 e. The van der Waals surface area contributed by atoms with E-state index in [4.69, 9.17) is 9.15 Å². The standard InChI is InChI=1S/C22H24N2O5/c1-15(25)24-18-6-2-16(3-7-18)10-11-23-13-19(26)14-28-20-8-4-17-5-9-22(27)29-21(17)12-20/h2-9,12,19,23,26H,10-11,13-14H2,1H3,(H,24,25)/t19-/m0/s1. The molecule has 1 atom stereocenters. The number of nitrogens with one attached hydrogen (secondary N) is 2. The Labute approximate surface area is 168 Å². The number of anilines is 1. The minimum Gasteiger partial charge on any atom is -0.491 e. The number of hydrogen-bond donors (Lipinski definition) is 3. The predicted molar refractivity (Wildman–Crippen MR) is 111 cm³/mol. The van der Waals surface area contributed by atoms with Crippen molar-refractivity contribution in [3.63, 3.8) is 0 Å². The molecule has 0 aliphatic heterocycles. The molecule has 0 fully saturated rings. The van der Waals surface area contributed by atoms with Crippen molar-refractivity contribution in [3.05, 3.63) is 70.6 Å². The zero-order valence-corrected chi connectivity index (χ0v) is 16.2. The molecule has 0 aliphatic carbocycles. The van der Waals surface area contributed by atoms with Crippen LogP contribution < -0.4 is 21.0 Å². The van der Waals surface area contributed by atoms with E-state index in [9.17, 15) is 14.7 Å². The van der Waals surface area contributed by atoms with Gasteiger partial charge in [0.25, 0.3) is 0 Å². The molecule has 0 spiro atoms. The van der Waals surface area contributed by atoms with Gasteiger partial charge in [-0.3, -0.25) is 4.79 Å². The van der Waals surface area contributed by atoms with E-state index in [-0.39, 0.29) is 12.5 Å². The van der Waals surface area contributed by atoms with Crippen molar-refractivity contribution in [3.8, 4) is 5.75 Å². The molecule has 1 heterocycles. The van der Waals surface area contributed by atoms with Crippen LogP contribution in [0.25, 0.3) is 11.0 Å². The minimum absolute atomic E-state index is 0.0936. The van der Waals surface area contributed by atoms with E-state index in [1.165, 1.54) is 13.0 Å². The summed E-state index contributed by atoms with van der Waals surface area (Å²) in [5.41, 5.74) is 1.94. The number of aliphatic hydroxyl groups is 1. The van der Waals surface area contributed by atoms with Crippen molar-refractivity contribution in [2.75, 3.05) is 25.0 Å². The van der Waals surface area contributed by atoms with E-state index in [1.807, 2.05) is 24.3 Å². The van der Waals surface area contributed by atoms with Gasteiger partial charge in [-0.15, -0.1) is 0 Å². The van der Waals surface area contributed by atoms with Gasteiger partial charge < -0.3 is 24.9 Å². The van der Waals surface area contributed by atoms with E-state index in [2.05, 4.69) is 10.6 Å². The maximum absolute atomic E-state index is 11.3. The number of ether oxygens (including phenoxy) is 1. The van der Waals surface area contributed by atoms with Gasteiger partial charge in [-0.25, -0.2) is 4.79 Å². The molecule has 0 saturated heterocycles. The van der Waals surface area contributed by atoms with Crippen molar-refractivity contribution in [2.24, 2.45) is 0 Å². The van der Waals surface area contributed by atoms with Crippen molar-refractivity contribution in [1.29, 1.82) is 0 Å². The third kappa shape index (κ3) is 6.44. The summed E-state index contributed by atoms with van der Waals surface area (Å²) in [6.07, 6.45) is 0.132. The molecule has 0 bridgehead atoms. The second-order valence-electron chi connectivity index (χ2n) is 6.75. The fourth-order valence-electron chi connectivity index (χ4n) is 2.84. The maximum atomic E-state index is 11.3. The van der Waals surface area contributed by atoms with Crippen molar-refractivity contribution < 1.29 is 19.1 Å². The molecule has 1 aromatic heterocycles. The Kier molecular flexibility index (Phi) is 6.99. The average Bonchev–Trinajstić information content (AvgIpc) is 2.70. The molecule has 2 aromatic carbocycles. The molecular formula is C22H24N2O5. The Morgan fingerprint density at radius 2 is 1.90 bits per heavy atom. The molecule has 3 aromatic rings. The van der Waals surface area contributed by atoms with E-state index in [1.54, 1.807) is 24.3 Å². The molecular weight excluding hydrogens is 372 g/mol. The summed E-state index contributed by atoms with van der Waals surface area (Å²) in [5, 5.41) is 16.8. The fourth-order valence-corrected chi connectivity index (χ4v) is 2.84. The fraction of sp³-hybridized carbons (Fsp3) is 0.273. The molecule has 1 amide bonds. The highest BCUT2D eigenvalue weighted by molar-refractivity contribution is 5.88. The van der Waals surface area contributed by atoms with Gasteiger partial charge in [0.2, 0.25) is 5.91 Å². The van der Waals surface area contributed by atoms with Crippen LogP contribution in [0.5, 0.6) is 5.75 Å². The average molecular weight is 396 g/mol. The monoisotopic (exact) mass is 396 g/mol. The Morgan fingerprint density at radius 1 is 1.14 bits per heavy atom. The Hall–Kier alpha value is -3.16. The topological polar surface area (TPSA) is 101 Å². The molecule has 0 unspecified atom stereocenters. The number of carbonyl (C=O) groups excluding carboxylic acids is 1. The first-order chi connectivity index (χ1) is 14.0. The molecule has 0 aliphatic rings. The van der Waals surface area contributed by atoms with Gasteiger partial charge in [0.1, 0.15) is 24.0 Å². The zero-order chi connectivity index (χ0) is 20.6. The molecule has 0 saturated carbocycles. The molecule has 152 valence electrons. The van der Waals surface area contributed by atoms with Gasteiger partial charge in [0.15, 0.2) is 0 Å². The van der Waals surface area contributed by atoms with Gasteiger partial charge in [-0.05, 0) is 48.9 Å². The third-order valence-corrected chi connectivity index (χ3v) is 4.28. The number of rotatable bonds is 9. The second-order valence-corrected chi connectivity index (χ2v) is 6.75. The third-order valence-electron chi connectivity index (χ3n) is 4.28. The van der Waals surface area contributed by atoms with Crippen molar-refractivity contribution in [1.82, 2.24) is 5.32 Å². The number of amides is 1. The van der Waals surface area contributed by atoms with Crippen LogP contribution in [0.4, 0.5) is 5.69 Å². The second kappa shape index (κ2) is 9.86. The summed E-state index contributed by atoms with van der Waals surface area (Å²) >= 11 is 0. The zero-order valence-electron chi connectivity index (χ0n) is 16.2. The summed E-state index contributed by atoms with van der Waals surface area (Å²) in [6.45, 7) is 2.70. The summed E-state index contributed by atoms with van der Waals surface area (Å²) in [7, 11) is 0. The largest absolute Gasteiger partial charge is 0.491 e. The highest BCUT2D eigenvalue weighted by atomic mass is 16.5. The summed E-state index contributed by atoms with van der Waals surface area (Å²) in [4.78, 5) is 22.3. The first kappa shape index (κ1) is 20.6. The van der Waals surface area contributed by atoms with Crippen LogP contribution in [0.3, 0.4) is 0 Å². The number of fused-ring (bicyclic) bond motifs is 1. The first-order valence-corrected chi connectivity index (χ1v) is 9.41. The maximum Gasteiger partial charge on any atom is 0.336 e. The SMILES string of the molecule is CC(=O)Nc1ccc(CCNC[C@H](O)COc2ccc3ccc(=O)oc3c2)cc1. The van der Waals surface area contributed by atoms with Crippen LogP contribution in [0.15, 0.2) is 63.8 Å². The highest BCUT2D eigenvalue weighted by Crippen LogP contribution is 2.19. The summed E-state index contributed by atoms with van der Waals surface area (Å²) in [5.74, 6) is 0.439.